The number of carbonyl (C=O) groups excluding carboxylic acids is 1. The number of amides is 1. The molecule has 3 aromatic carbocycles. The Kier molecular flexibility index (Phi) is 6.30. The molecule has 0 radical (unpaired) electrons. The fourth-order valence-electron chi connectivity index (χ4n) is 3.13. The van der Waals surface area contributed by atoms with Gasteiger partial charge in [0.25, 0.3) is 5.91 Å². The molecular weight excluding hydrogens is 466 g/mol. The molecule has 0 aliphatic heterocycles. The van der Waals surface area contributed by atoms with Crippen molar-refractivity contribution in [1.82, 2.24) is 9.29 Å². The van der Waals surface area contributed by atoms with E-state index in [9.17, 15) is 13.2 Å². The third kappa shape index (κ3) is 4.54. The average molecular weight is 486 g/mol. The summed E-state index contributed by atoms with van der Waals surface area (Å²) in [6, 6.07) is 21.0. The lowest BCUT2D eigenvalue weighted by Crippen LogP contribution is -2.30. The van der Waals surface area contributed by atoms with Crippen molar-refractivity contribution in [2.24, 2.45) is 0 Å². The Bertz CT molecular complexity index is 1370. The van der Waals surface area contributed by atoms with Crippen molar-refractivity contribution in [1.29, 1.82) is 0 Å². The fraction of sp³-hybridized carbons (Fsp3) is 0.130. The Morgan fingerprint density at radius 2 is 1.69 bits per heavy atom. The zero-order valence-electron chi connectivity index (χ0n) is 17.4. The minimum absolute atomic E-state index is 0.128. The fourth-order valence-corrected chi connectivity index (χ4v) is 5.27. The average Bonchev–Trinajstić information content (AvgIpc) is 3.20. The van der Waals surface area contributed by atoms with Crippen LogP contribution in [-0.2, 0) is 16.6 Å². The number of thiazole rings is 1. The van der Waals surface area contributed by atoms with Crippen molar-refractivity contribution in [3.63, 3.8) is 0 Å². The van der Waals surface area contributed by atoms with E-state index < -0.39 is 10.0 Å². The van der Waals surface area contributed by atoms with Gasteiger partial charge in [-0.1, -0.05) is 53.3 Å². The maximum atomic E-state index is 13.5. The second-order valence-electron chi connectivity index (χ2n) is 7.30. The molecule has 32 heavy (non-hydrogen) atoms. The first kappa shape index (κ1) is 22.4. The number of fused-ring (bicyclic) bond motifs is 1. The molecule has 4 rings (SSSR count). The third-order valence-corrected chi connectivity index (χ3v) is 7.98. The highest BCUT2D eigenvalue weighted by atomic mass is 35.5. The summed E-state index contributed by atoms with van der Waals surface area (Å²) in [4.78, 5) is 19.9. The summed E-state index contributed by atoms with van der Waals surface area (Å²) >= 11 is 7.50. The van der Waals surface area contributed by atoms with Gasteiger partial charge in [-0.2, -0.15) is 0 Å². The van der Waals surface area contributed by atoms with Gasteiger partial charge < -0.3 is 0 Å². The molecule has 1 amide bonds. The molecule has 4 aromatic rings. The molecule has 1 aromatic heterocycles. The highest BCUT2D eigenvalue weighted by molar-refractivity contribution is 7.89. The minimum Gasteiger partial charge on any atom is -0.279 e. The van der Waals surface area contributed by atoms with Crippen molar-refractivity contribution in [2.45, 2.75) is 11.4 Å². The first-order valence-electron chi connectivity index (χ1n) is 9.70. The second kappa shape index (κ2) is 8.99. The SMILES string of the molecule is CN(C)S(=O)(=O)c1ccc(C(=O)N(Cc2ccccc2)c2nc3ccc(Cl)cc3s2)cc1. The summed E-state index contributed by atoms with van der Waals surface area (Å²) in [5.41, 5.74) is 2.08. The minimum atomic E-state index is -3.58. The second-order valence-corrected chi connectivity index (χ2v) is 10.9. The lowest BCUT2D eigenvalue weighted by molar-refractivity contribution is 0.0985. The van der Waals surface area contributed by atoms with E-state index in [4.69, 9.17) is 11.6 Å². The van der Waals surface area contributed by atoms with E-state index >= 15 is 0 Å². The van der Waals surface area contributed by atoms with Crippen LogP contribution in [0.1, 0.15) is 15.9 Å². The topological polar surface area (TPSA) is 70.6 Å². The monoisotopic (exact) mass is 485 g/mol. The van der Waals surface area contributed by atoms with Crippen LogP contribution in [-0.4, -0.2) is 37.7 Å². The lowest BCUT2D eigenvalue weighted by Gasteiger charge is -2.20. The smallest absolute Gasteiger partial charge is 0.260 e. The molecule has 6 nitrogen and oxygen atoms in total. The molecule has 1 heterocycles. The number of nitrogens with zero attached hydrogens (tertiary/aromatic N) is 3. The number of aromatic nitrogens is 1. The van der Waals surface area contributed by atoms with Gasteiger partial charge in [-0.3, -0.25) is 9.69 Å². The molecule has 0 bridgehead atoms. The number of rotatable bonds is 6. The van der Waals surface area contributed by atoms with Gasteiger partial charge in [0.1, 0.15) is 0 Å². The zero-order chi connectivity index (χ0) is 22.9. The van der Waals surface area contributed by atoms with Crippen LogP contribution in [0.3, 0.4) is 0 Å². The number of carbonyl (C=O) groups is 1. The molecule has 9 heteroatoms. The van der Waals surface area contributed by atoms with Crippen LogP contribution in [0.4, 0.5) is 5.13 Å². The molecule has 0 aliphatic carbocycles. The van der Waals surface area contributed by atoms with E-state index in [0.29, 0.717) is 22.3 Å². The molecule has 0 fully saturated rings. The summed E-state index contributed by atoms with van der Waals surface area (Å²) in [6.45, 7) is 0.324. The van der Waals surface area contributed by atoms with Gasteiger partial charge in [-0.15, -0.1) is 0 Å². The summed E-state index contributed by atoms with van der Waals surface area (Å²) in [7, 11) is -0.641. The largest absolute Gasteiger partial charge is 0.279 e. The van der Waals surface area contributed by atoms with Crippen molar-refractivity contribution in [3.05, 3.63) is 88.9 Å². The number of hydrogen-bond donors (Lipinski definition) is 0. The van der Waals surface area contributed by atoms with Crippen LogP contribution < -0.4 is 4.90 Å². The molecule has 0 unspecified atom stereocenters. The summed E-state index contributed by atoms with van der Waals surface area (Å²) in [5, 5.41) is 1.15. The van der Waals surface area contributed by atoms with Gasteiger partial charge in [0.2, 0.25) is 10.0 Å². The Labute approximate surface area is 195 Å². The molecule has 0 atom stereocenters. The van der Waals surface area contributed by atoms with Crippen molar-refractivity contribution >= 4 is 54.2 Å². The van der Waals surface area contributed by atoms with E-state index in [0.717, 1.165) is 20.1 Å². The zero-order valence-corrected chi connectivity index (χ0v) is 19.8. The quantitative estimate of drug-likeness (QED) is 0.383. The standard InChI is InChI=1S/C23H20ClN3O3S2/c1-26(2)32(29,30)19-11-8-17(9-12-19)22(28)27(15-16-6-4-3-5-7-16)23-25-20-13-10-18(24)14-21(20)31-23/h3-14H,15H2,1-2H3. The predicted molar refractivity (Wildman–Crippen MR) is 129 cm³/mol. The highest BCUT2D eigenvalue weighted by Gasteiger charge is 2.23. The molecule has 0 spiro atoms. The summed E-state index contributed by atoms with van der Waals surface area (Å²) < 4.78 is 26.7. The molecule has 0 aliphatic rings. The van der Waals surface area contributed by atoms with Crippen LogP contribution in [0.25, 0.3) is 10.2 Å². The maximum Gasteiger partial charge on any atom is 0.260 e. The number of halogens is 1. The Balaban J connectivity index is 1.73. The first-order chi connectivity index (χ1) is 15.3. The molecule has 0 saturated heterocycles. The Hall–Kier alpha value is -2.78. The van der Waals surface area contributed by atoms with Gasteiger partial charge in [0.05, 0.1) is 21.7 Å². The van der Waals surface area contributed by atoms with Crippen LogP contribution in [0.15, 0.2) is 77.7 Å². The lowest BCUT2D eigenvalue weighted by atomic mass is 10.1. The van der Waals surface area contributed by atoms with Crippen molar-refractivity contribution in [3.8, 4) is 0 Å². The molecule has 0 N–H and O–H groups in total. The summed E-state index contributed by atoms with van der Waals surface area (Å²) in [6.07, 6.45) is 0. The number of benzene rings is 3. The van der Waals surface area contributed by atoms with Gasteiger partial charge >= 0.3 is 0 Å². The van der Waals surface area contributed by atoms with E-state index in [1.807, 2.05) is 42.5 Å². The van der Waals surface area contributed by atoms with Crippen LogP contribution >= 0.6 is 22.9 Å². The Morgan fingerprint density at radius 3 is 2.34 bits per heavy atom. The molecule has 164 valence electrons. The summed E-state index contributed by atoms with van der Waals surface area (Å²) in [5.74, 6) is -0.271. The van der Waals surface area contributed by atoms with Gasteiger partial charge in [-0.05, 0) is 48.0 Å². The van der Waals surface area contributed by atoms with Gasteiger partial charge in [-0.25, -0.2) is 17.7 Å². The predicted octanol–water partition coefficient (Wildman–Crippen LogP) is 5.05. The number of anilines is 1. The van der Waals surface area contributed by atoms with E-state index in [1.165, 1.54) is 49.7 Å². The van der Waals surface area contributed by atoms with E-state index in [1.54, 1.807) is 11.0 Å². The van der Waals surface area contributed by atoms with Crippen molar-refractivity contribution in [2.75, 3.05) is 19.0 Å². The van der Waals surface area contributed by atoms with Gasteiger partial charge in [0.15, 0.2) is 5.13 Å². The number of sulfonamides is 1. The van der Waals surface area contributed by atoms with Crippen LogP contribution in [0.2, 0.25) is 5.02 Å². The Morgan fingerprint density at radius 1 is 1.00 bits per heavy atom. The van der Waals surface area contributed by atoms with Crippen molar-refractivity contribution < 1.29 is 13.2 Å². The third-order valence-electron chi connectivity index (χ3n) is 4.88. The van der Waals surface area contributed by atoms with Crippen LogP contribution in [0, 0.1) is 0 Å². The van der Waals surface area contributed by atoms with E-state index in [-0.39, 0.29) is 10.8 Å². The maximum absolute atomic E-state index is 13.5. The highest BCUT2D eigenvalue weighted by Crippen LogP contribution is 2.32. The number of hydrogen-bond acceptors (Lipinski definition) is 5. The van der Waals surface area contributed by atoms with E-state index in [2.05, 4.69) is 4.98 Å². The van der Waals surface area contributed by atoms with Crippen LogP contribution in [0.5, 0.6) is 0 Å². The molecular formula is C23H20ClN3O3S2. The van der Waals surface area contributed by atoms with Gasteiger partial charge in [0, 0.05) is 24.7 Å². The normalized spacial score (nSPS) is 11.8. The first-order valence-corrected chi connectivity index (χ1v) is 12.3. The molecule has 0 saturated carbocycles.